The van der Waals surface area contributed by atoms with Gasteiger partial charge in [0.25, 0.3) is 0 Å². The van der Waals surface area contributed by atoms with Gasteiger partial charge in [-0.1, -0.05) is 116 Å². The minimum atomic E-state index is -4.54. The summed E-state index contributed by atoms with van der Waals surface area (Å²) in [6, 6.07) is 0. The zero-order valence-electron chi connectivity index (χ0n) is 30.7. The summed E-state index contributed by atoms with van der Waals surface area (Å²) in [6.07, 6.45) is -2.83. The molecule has 0 heterocycles. The number of halogens is 3. The molecule has 0 nitrogen and oxygen atoms in total. The molecule has 0 saturated heterocycles. The SMILES string of the molecule is [2H]C([2H])(C(C)(C)C)C(C)(C)C(F)(F)F.[2H]C([2H])([2H])C([2H])(C([2H])([2H])C)C(C)(C)C.[2H]C1(C(C)(C)C)CCCCC1. The average molecular weight is 446 g/mol. The van der Waals surface area contributed by atoms with E-state index in [1.54, 1.807) is 20.8 Å². The van der Waals surface area contributed by atoms with Crippen LogP contribution in [0.5, 0.6) is 0 Å². The van der Waals surface area contributed by atoms with E-state index in [0.29, 0.717) is 0 Å². The van der Waals surface area contributed by atoms with Gasteiger partial charge in [-0.2, -0.15) is 13.2 Å². The third-order valence-electron chi connectivity index (χ3n) is 4.91. The lowest BCUT2D eigenvalue weighted by Crippen LogP contribution is -2.35. The molecule has 30 heavy (non-hydrogen) atoms. The molecule has 0 aromatic carbocycles. The molecule has 1 rings (SSSR count). The van der Waals surface area contributed by atoms with Gasteiger partial charge in [-0.3, -0.25) is 0 Å². The first kappa shape index (κ1) is 18.2. The van der Waals surface area contributed by atoms with Crippen LogP contribution >= 0.6 is 0 Å². The molecular formula is C27H55F3. The van der Waals surface area contributed by atoms with Crippen molar-refractivity contribution < 1.29 is 25.5 Å². The van der Waals surface area contributed by atoms with Gasteiger partial charge in [0.2, 0.25) is 0 Å². The van der Waals surface area contributed by atoms with Crippen LogP contribution in [0.15, 0.2) is 0 Å². The van der Waals surface area contributed by atoms with E-state index in [4.69, 9.17) is 12.3 Å². The minimum Gasteiger partial charge on any atom is -0.171 e. The molecule has 1 saturated carbocycles. The Bertz CT molecular complexity index is 692. The second-order valence-electron chi connectivity index (χ2n) is 11.8. The lowest BCUT2D eigenvalue weighted by molar-refractivity contribution is -0.220. The quantitative estimate of drug-likeness (QED) is 0.396. The molecule has 0 bridgehead atoms. The smallest absolute Gasteiger partial charge is 0.171 e. The fourth-order valence-corrected chi connectivity index (χ4v) is 3.11. The summed E-state index contributed by atoms with van der Waals surface area (Å²) in [7, 11) is 0. The normalized spacial score (nSPS) is 25.9. The van der Waals surface area contributed by atoms with Crippen LogP contribution in [0, 0.1) is 33.4 Å². The van der Waals surface area contributed by atoms with Crippen LogP contribution in [-0.2, 0) is 0 Å². The molecule has 0 aliphatic heterocycles. The van der Waals surface area contributed by atoms with Crippen LogP contribution in [0.2, 0.25) is 0 Å². The Kier molecular flexibility index (Phi) is 7.38. The number of alkyl halides is 3. The molecule has 0 radical (unpaired) electrons. The third kappa shape index (κ3) is 14.7. The zero-order chi connectivity index (χ0) is 32.5. The van der Waals surface area contributed by atoms with Crippen molar-refractivity contribution in [2.75, 3.05) is 0 Å². The topological polar surface area (TPSA) is 0 Å². The van der Waals surface area contributed by atoms with E-state index in [2.05, 4.69) is 20.8 Å². The first-order valence-corrected chi connectivity index (χ1v) is 11.0. The number of rotatable bonds is 2. The highest BCUT2D eigenvalue weighted by Crippen LogP contribution is 2.45. The summed E-state index contributed by atoms with van der Waals surface area (Å²) in [5.41, 5.74) is -4.17. The van der Waals surface area contributed by atoms with Gasteiger partial charge in [0.05, 0.1) is 5.41 Å². The van der Waals surface area contributed by atoms with Gasteiger partial charge in [0.15, 0.2) is 0 Å². The Balaban J connectivity index is 0. The third-order valence-corrected chi connectivity index (χ3v) is 4.91. The summed E-state index contributed by atoms with van der Waals surface area (Å²) in [4.78, 5) is 0. The summed E-state index contributed by atoms with van der Waals surface area (Å²) < 4.78 is 106. The van der Waals surface area contributed by atoms with Gasteiger partial charge in [0.1, 0.15) is 0 Å². The van der Waals surface area contributed by atoms with E-state index in [0.717, 1.165) is 33.6 Å². The summed E-state index contributed by atoms with van der Waals surface area (Å²) in [6.45, 7) is 16.1. The fraction of sp³-hybridized carbons (Fsp3) is 1.00. The summed E-state index contributed by atoms with van der Waals surface area (Å²) in [5, 5.41) is 0. The Hall–Kier alpha value is -0.210. The van der Waals surface area contributed by atoms with Crippen LogP contribution in [-0.4, -0.2) is 6.18 Å². The molecule has 1 aliphatic carbocycles. The molecule has 0 N–H and O–H groups in total. The Morgan fingerprint density at radius 3 is 1.47 bits per heavy atom. The van der Waals surface area contributed by atoms with E-state index in [9.17, 15) is 13.2 Å². The second-order valence-corrected chi connectivity index (χ2v) is 11.8. The van der Waals surface area contributed by atoms with Gasteiger partial charge in [-0.25, -0.2) is 0 Å². The van der Waals surface area contributed by atoms with Crippen molar-refractivity contribution in [2.45, 2.75) is 141 Å². The van der Waals surface area contributed by atoms with Crippen molar-refractivity contribution in [3.63, 3.8) is 0 Å². The fourth-order valence-electron chi connectivity index (χ4n) is 3.11. The van der Waals surface area contributed by atoms with Crippen molar-refractivity contribution in [2.24, 2.45) is 33.4 Å². The summed E-state index contributed by atoms with van der Waals surface area (Å²) >= 11 is 0. The molecule has 1 atom stereocenters. The first-order chi connectivity index (χ1) is 16.5. The van der Waals surface area contributed by atoms with E-state index < -0.39 is 47.9 Å². The maximum atomic E-state index is 12.6. The predicted molar refractivity (Wildman–Crippen MR) is 129 cm³/mol. The van der Waals surface area contributed by atoms with Crippen molar-refractivity contribution in [3.8, 4) is 0 Å². The molecule has 1 unspecified atom stereocenters. The number of hydrogen-bond donors (Lipinski definition) is 0. The van der Waals surface area contributed by atoms with E-state index in [1.165, 1.54) is 40.0 Å². The van der Waals surface area contributed by atoms with Crippen LogP contribution in [0.4, 0.5) is 13.2 Å². The molecule has 0 spiro atoms. The largest absolute Gasteiger partial charge is 0.393 e. The molecule has 1 fully saturated rings. The number of hydrogen-bond acceptors (Lipinski definition) is 0. The summed E-state index contributed by atoms with van der Waals surface area (Å²) in [5.74, 6) is -2.24. The highest BCUT2D eigenvalue weighted by molar-refractivity contribution is 4.82. The molecular weight excluding hydrogens is 381 g/mol. The standard InChI is InChI=1S/C10H20.C9H17F3.C8H18/c1-10(2,3)9-7-5-4-6-8-9;1-7(2,3)6-8(4,5)9(10,11)12;1-6-7(2)8(3,4)5/h9H,4-8H2,1-3H3;6H2,1-5H3;7H,6H2,1-5H3/i9D;6D2;2D3,6D2,7D. The molecule has 184 valence electrons. The maximum Gasteiger partial charge on any atom is 0.393 e. The lowest BCUT2D eigenvalue weighted by atomic mass is 9.72. The van der Waals surface area contributed by atoms with Crippen molar-refractivity contribution >= 4 is 0 Å². The highest BCUT2D eigenvalue weighted by atomic mass is 19.4. The van der Waals surface area contributed by atoms with E-state index in [1.807, 2.05) is 0 Å². The van der Waals surface area contributed by atoms with Gasteiger partial charge in [-0.15, -0.1) is 0 Å². The maximum absolute atomic E-state index is 12.6. The van der Waals surface area contributed by atoms with Crippen molar-refractivity contribution in [3.05, 3.63) is 0 Å². The van der Waals surface area contributed by atoms with Gasteiger partial charge in [-0.05, 0) is 47.2 Å². The average Bonchev–Trinajstić information content (AvgIpc) is 2.63. The monoisotopic (exact) mass is 445 g/mol. The Morgan fingerprint density at radius 2 is 1.33 bits per heavy atom. The van der Waals surface area contributed by atoms with Crippen LogP contribution < -0.4 is 0 Å². The molecule has 0 aromatic heterocycles. The zero-order valence-corrected chi connectivity index (χ0v) is 21.7. The van der Waals surface area contributed by atoms with Crippen LogP contribution in [0.1, 0.15) is 147 Å². The van der Waals surface area contributed by atoms with Crippen LogP contribution in [0.25, 0.3) is 0 Å². The van der Waals surface area contributed by atoms with E-state index >= 15 is 0 Å². The second kappa shape index (κ2) is 12.1. The Labute approximate surface area is 200 Å². The highest BCUT2D eigenvalue weighted by Gasteiger charge is 2.48. The van der Waals surface area contributed by atoms with Crippen LogP contribution in [0.3, 0.4) is 0 Å². The molecule has 3 heteroatoms. The van der Waals surface area contributed by atoms with E-state index in [-0.39, 0.29) is 11.3 Å². The van der Waals surface area contributed by atoms with Crippen molar-refractivity contribution in [1.29, 1.82) is 0 Å². The van der Waals surface area contributed by atoms with Gasteiger partial charge in [0, 0.05) is 12.3 Å². The lowest BCUT2D eigenvalue weighted by Gasteiger charge is -2.34. The molecule has 0 amide bonds. The minimum absolute atomic E-state index is 0.134. The molecule has 1 aliphatic rings. The van der Waals surface area contributed by atoms with Crippen molar-refractivity contribution in [1.82, 2.24) is 0 Å². The van der Waals surface area contributed by atoms with Gasteiger partial charge < -0.3 is 0 Å². The first-order valence-electron chi connectivity index (χ1n) is 15.5. The molecule has 0 aromatic rings. The Morgan fingerprint density at radius 1 is 0.900 bits per heavy atom. The predicted octanol–water partition coefficient (Wildman–Crippen LogP) is 10.7. The van der Waals surface area contributed by atoms with Gasteiger partial charge >= 0.3 is 6.18 Å².